The van der Waals surface area contributed by atoms with Gasteiger partial charge in [0.1, 0.15) is 5.75 Å². The van der Waals surface area contributed by atoms with Gasteiger partial charge in [-0.3, -0.25) is 0 Å². The van der Waals surface area contributed by atoms with Gasteiger partial charge >= 0.3 is 12.0 Å². The number of hydrogen-bond donors (Lipinski definition) is 1. The fourth-order valence-corrected chi connectivity index (χ4v) is 1.44. The largest absolute Gasteiger partial charge is 0.481 e. The van der Waals surface area contributed by atoms with Gasteiger partial charge in [0.15, 0.2) is 0 Å². The molecular weight excluding hydrogens is 264 g/mol. The van der Waals surface area contributed by atoms with Crippen LogP contribution >= 0.6 is 0 Å². The molecule has 104 valence electrons. The molecule has 2 rings (SSSR count). The Bertz CT molecular complexity index is 608. The molecule has 0 spiro atoms. The molecule has 1 aromatic carbocycles. The Morgan fingerprint density at radius 3 is 2.30 bits per heavy atom. The van der Waals surface area contributed by atoms with Gasteiger partial charge in [-0.25, -0.2) is 4.79 Å². The fourth-order valence-electron chi connectivity index (χ4n) is 1.44. The van der Waals surface area contributed by atoms with E-state index in [9.17, 15) is 4.79 Å². The van der Waals surface area contributed by atoms with E-state index < -0.39 is 5.97 Å². The van der Waals surface area contributed by atoms with Crippen LogP contribution in [0.1, 0.15) is 10.4 Å². The fraction of sp³-hybridized carbons (Fsp3) is 0.154. The van der Waals surface area contributed by atoms with Crippen molar-refractivity contribution in [2.24, 2.45) is 0 Å². The Morgan fingerprint density at radius 1 is 1.10 bits per heavy atom. The lowest BCUT2D eigenvalue weighted by molar-refractivity contribution is 0.0696. The molecule has 0 radical (unpaired) electrons. The molecule has 0 saturated heterocycles. The predicted octanol–water partition coefficient (Wildman–Crippen LogP) is 1.98. The quantitative estimate of drug-likeness (QED) is 0.892. The molecule has 1 aromatic heterocycles. The van der Waals surface area contributed by atoms with Gasteiger partial charge in [-0.2, -0.15) is 9.97 Å². The lowest BCUT2D eigenvalue weighted by atomic mass is 10.2. The normalized spacial score (nSPS) is 9.90. The predicted molar refractivity (Wildman–Crippen MR) is 68.6 cm³/mol. The summed E-state index contributed by atoms with van der Waals surface area (Å²) in [6.45, 7) is 0. The van der Waals surface area contributed by atoms with Crippen molar-refractivity contribution in [2.75, 3.05) is 14.2 Å². The van der Waals surface area contributed by atoms with E-state index in [4.69, 9.17) is 19.3 Å². The second kappa shape index (κ2) is 5.87. The number of carboxylic acids is 1. The van der Waals surface area contributed by atoms with Crippen LogP contribution in [0.2, 0.25) is 0 Å². The third-order valence-corrected chi connectivity index (χ3v) is 2.37. The van der Waals surface area contributed by atoms with E-state index in [0.717, 1.165) is 0 Å². The summed E-state index contributed by atoms with van der Waals surface area (Å²) in [6.07, 6.45) is 0. The molecule has 0 fully saturated rings. The summed E-state index contributed by atoms with van der Waals surface area (Å²) >= 11 is 0. The van der Waals surface area contributed by atoms with Crippen LogP contribution in [-0.4, -0.2) is 35.3 Å². The van der Waals surface area contributed by atoms with Gasteiger partial charge in [-0.15, -0.1) is 0 Å². The number of benzene rings is 1. The standard InChI is InChI=1S/C13H12N2O5/c1-18-10-7-11(19-2)15-13(14-10)20-9-5-3-4-8(6-9)12(16)17/h3-7H,1-2H3,(H,16,17). The van der Waals surface area contributed by atoms with Crippen molar-refractivity contribution < 1.29 is 24.1 Å². The van der Waals surface area contributed by atoms with Crippen molar-refractivity contribution in [1.82, 2.24) is 9.97 Å². The molecule has 20 heavy (non-hydrogen) atoms. The second-order valence-electron chi connectivity index (χ2n) is 3.67. The summed E-state index contributed by atoms with van der Waals surface area (Å²) in [6, 6.07) is 7.50. The average molecular weight is 276 g/mol. The van der Waals surface area contributed by atoms with Crippen LogP contribution in [0, 0.1) is 0 Å². The molecule has 7 nitrogen and oxygen atoms in total. The van der Waals surface area contributed by atoms with Gasteiger partial charge in [0.05, 0.1) is 25.8 Å². The molecule has 0 unspecified atom stereocenters. The van der Waals surface area contributed by atoms with E-state index in [2.05, 4.69) is 9.97 Å². The summed E-state index contributed by atoms with van der Waals surface area (Å²) in [4.78, 5) is 18.9. The van der Waals surface area contributed by atoms with Crippen LogP contribution < -0.4 is 14.2 Å². The molecule has 7 heteroatoms. The number of methoxy groups -OCH3 is 2. The van der Waals surface area contributed by atoms with Gasteiger partial charge in [0, 0.05) is 0 Å². The zero-order valence-corrected chi connectivity index (χ0v) is 10.9. The molecule has 2 aromatic rings. The van der Waals surface area contributed by atoms with Crippen LogP contribution in [0.25, 0.3) is 0 Å². The van der Waals surface area contributed by atoms with Crippen molar-refractivity contribution in [3.8, 4) is 23.5 Å². The highest BCUT2D eigenvalue weighted by Crippen LogP contribution is 2.24. The number of ether oxygens (including phenoxy) is 3. The number of carbonyl (C=O) groups is 1. The molecule has 0 saturated carbocycles. The third-order valence-electron chi connectivity index (χ3n) is 2.37. The van der Waals surface area contributed by atoms with Crippen molar-refractivity contribution in [3.05, 3.63) is 35.9 Å². The van der Waals surface area contributed by atoms with E-state index in [0.29, 0.717) is 5.75 Å². The number of aromatic carboxylic acids is 1. The number of aromatic nitrogens is 2. The molecular formula is C13H12N2O5. The monoisotopic (exact) mass is 276 g/mol. The maximum atomic E-state index is 10.9. The van der Waals surface area contributed by atoms with Crippen LogP contribution in [0.5, 0.6) is 23.5 Å². The van der Waals surface area contributed by atoms with Crippen LogP contribution in [0.4, 0.5) is 0 Å². The molecule has 0 amide bonds. The first-order chi connectivity index (χ1) is 9.62. The van der Waals surface area contributed by atoms with Gasteiger partial charge in [-0.05, 0) is 18.2 Å². The zero-order valence-electron chi connectivity index (χ0n) is 10.9. The van der Waals surface area contributed by atoms with Gasteiger partial charge in [-0.1, -0.05) is 6.07 Å². The van der Waals surface area contributed by atoms with Crippen LogP contribution in [0.3, 0.4) is 0 Å². The smallest absolute Gasteiger partial charge is 0.335 e. The zero-order chi connectivity index (χ0) is 14.5. The van der Waals surface area contributed by atoms with E-state index in [1.54, 1.807) is 12.1 Å². The number of nitrogens with zero attached hydrogens (tertiary/aromatic N) is 2. The average Bonchev–Trinajstić information content (AvgIpc) is 2.47. The Balaban J connectivity index is 2.29. The summed E-state index contributed by atoms with van der Waals surface area (Å²) in [7, 11) is 2.91. The Hall–Kier alpha value is -2.83. The van der Waals surface area contributed by atoms with Gasteiger partial charge < -0.3 is 19.3 Å². The van der Waals surface area contributed by atoms with E-state index in [-0.39, 0.29) is 23.3 Å². The SMILES string of the molecule is COc1cc(OC)nc(Oc2cccc(C(=O)O)c2)n1. The first kappa shape index (κ1) is 13.6. The van der Waals surface area contributed by atoms with Crippen LogP contribution in [0.15, 0.2) is 30.3 Å². The first-order valence-corrected chi connectivity index (χ1v) is 5.60. The molecule has 1 N–H and O–H groups in total. The first-order valence-electron chi connectivity index (χ1n) is 5.60. The minimum absolute atomic E-state index is 0.00346. The van der Waals surface area contributed by atoms with Crippen molar-refractivity contribution in [1.29, 1.82) is 0 Å². The van der Waals surface area contributed by atoms with Crippen molar-refractivity contribution >= 4 is 5.97 Å². The topological polar surface area (TPSA) is 90.8 Å². The van der Waals surface area contributed by atoms with E-state index in [1.165, 1.54) is 32.4 Å². The third kappa shape index (κ3) is 3.14. The van der Waals surface area contributed by atoms with Crippen molar-refractivity contribution in [2.45, 2.75) is 0 Å². The molecule has 0 bridgehead atoms. The molecule has 0 aliphatic rings. The minimum Gasteiger partial charge on any atom is -0.481 e. The lowest BCUT2D eigenvalue weighted by Crippen LogP contribution is -1.99. The summed E-state index contributed by atoms with van der Waals surface area (Å²) in [5.41, 5.74) is 0.109. The van der Waals surface area contributed by atoms with E-state index >= 15 is 0 Å². The number of rotatable bonds is 5. The Labute approximate surface area is 114 Å². The second-order valence-corrected chi connectivity index (χ2v) is 3.67. The highest BCUT2D eigenvalue weighted by molar-refractivity contribution is 5.88. The summed E-state index contributed by atoms with van der Waals surface area (Å²) in [5, 5.41) is 8.91. The maximum Gasteiger partial charge on any atom is 0.335 e. The molecule has 0 aliphatic heterocycles. The minimum atomic E-state index is -1.04. The lowest BCUT2D eigenvalue weighted by Gasteiger charge is -2.07. The number of carboxylic acid groups (broad SMARTS) is 1. The van der Waals surface area contributed by atoms with Crippen LogP contribution in [-0.2, 0) is 0 Å². The number of hydrogen-bond acceptors (Lipinski definition) is 6. The Morgan fingerprint density at radius 2 is 1.75 bits per heavy atom. The highest BCUT2D eigenvalue weighted by atomic mass is 16.5. The maximum absolute atomic E-state index is 10.9. The van der Waals surface area contributed by atoms with Crippen molar-refractivity contribution in [3.63, 3.8) is 0 Å². The summed E-state index contributed by atoms with van der Waals surface area (Å²) < 4.78 is 15.4. The molecule has 0 aliphatic carbocycles. The highest BCUT2D eigenvalue weighted by Gasteiger charge is 2.09. The van der Waals surface area contributed by atoms with Gasteiger partial charge in [0.25, 0.3) is 0 Å². The van der Waals surface area contributed by atoms with E-state index in [1.807, 2.05) is 0 Å². The van der Waals surface area contributed by atoms with Gasteiger partial charge in [0.2, 0.25) is 11.8 Å². The molecule has 1 heterocycles. The summed E-state index contributed by atoms with van der Waals surface area (Å²) in [5.74, 6) is -0.178. The molecule has 0 atom stereocenters. The Kier molecular flexibility index (Phi) is 3.99.